The van der Waals surface area contributed by atoms with Crippen LogP contribution in [0.4, 0.5) is 0 Å². The predicted octanol–water partition coefficient (Wildman–Crippen LogP) is 2.14. The van der Waals surface area contributed by atoms with Crippen LogP contribution in [0, 0.1) is 23.7 Å². The first kappa shape index (κ1) is 27.0. The number of fused-ring (bicyclic) bond motifs is 2. The van der Waals surface area contributed by atoms with Gasteiger partial charge < -0.3 is 29.2 Å². The molecule has 9 atom stereocenters. The second-order valence-corrected chi connectivity index (χ2v) is 11.2. The fourth-order valence-corrected chi connectivity index (χ4v) is 6.63. The summed E-state index contributed by atoms with van der Waals surface area (Å²) in [6, 6.07) is -0.908. The summed E-state index contributed by atoms with van der Waals surface area (Å²) in [4.78, 5) is 56.2. The smallest absolute Gasteiger partial charge is 0.328 e. The van der Waals surface area contributed by atoms with Crippen LogP contribution >= 0.6 is 0 Å². The molecule has 2 bridgehead atoms. The van der Waals surface area contributed by atoms with Gasteiger partial charge in [-0.05, 0) is 38.0 Å². The van der Waals surface area contributed by atoms with Crippen LogP contribution in [0.15, 0.2) is 12.5 Å². The summed E-state index contributed by atoms with van der Waals surface area (Å²) >= 11 is 0. The summed E-state index contributed by atoms with van der Waals surface area (Å²) in [5.74, 6) is -2.05. The lowest BCUT2D eigenvalue weighted by atomic mass is 9.58. The molecular formula is C26H37N3O9. The lowest BCUT2D eigenvalue weighted by Crippen LogP contribution is -2.70. The van der Waals surface area contributed by atoms with Crippen molar-refractivity contribution in [2.45, 2.75) is 95.7 Å². The van der Waals surface area contributed by atoms with Gasteiger partial charge in [-0.1, -0.05) is 13.8 Å². The van der Waals surface area contributed by atoms with Gasteiger partial charge in [0.1, 0.15) is 6.04 Å². The number of ether oxygens (including phenoxy) is 4. The summed E-state index contributed by atoms with van der Waals surface area (Å²) in [6.45, 7) is 6.07. The zero-order valence-corrected chi connectivity index (χ0v) is 22.3. The maximum Gasteiger partial charge on any atom is 0.328 e. The number of carbonyl (C=O) groups is 3. The van der Waals surface area contributed by atoms with Crippen LogP contribution in [-0.2, 0) is 49.5 Å². The second kappa shape index (κ2) is 10.6. The molecular weight excluding hydrogens is 498 g/mol. The lowest BCUT2D eigenvalue weighted by molar-refractivity contribution is -0.576. The fraction of sp³-hybridized carbons (Fsp3) is 0.769. The third kappa shape index (κ3) is 4.94. The number of methoxy groups -OCH3 is 1. The van der Waals surface area contributed by atoms with Crippen LogP contribution in [0.5, 0.6) is 0 Å². The first-order valence-corrected chi connectivity index (χ1v) is 13.4. The molecule has 1 aliphatic carbocycles. The molecule has 1 spiro atoms. The number of nitrogens with one attached hydrogen (secondary N) is 2. The van der Waals surface area contributed by atoms with E-state index in [0.717, 1.165) is 19.3 Å². The average molecular weight is 536 g/mol. The van der Waals surface area contributed by atoms with Crippen molar-refractivity contribution in [2.24, 2.45) is 23.7 Å². The Bertz CT molecular complexity index is 1040. The molecule has 1 saturated carbocycles. The van der Waals surface area contributed by atoms with Crippen molar-refractivity contribution in [3.8, 4) is 0 Å². The van der Waals surface area contributed by atoms with E-state index in [4.69, 9.17) is 28.7 Å². The molecule has 4 saturated heterocycles. The third-order valence-electron chi connectivity index (χ3n) is 8.70. The first-order chi connectivity index (χ1) is 18.1. The Labute approximate surface area is 221 Å². The summed E-state index contributed by atoms with van der Waals surface area (Å²) in [7, 11) is 1.25. The Morgan fingerprint density at radius 3 is 2.74 bits per heavy atom. The predicted molar refractivity (Wildman–Crippen MR) is 128 cm³/mol. The molecule has 12 nitrogen and oxygen atoms in total. The zero-order valence-electron chi connectivity index (χ0n) is 22.3. The number of hydrogen-bond donors (Lipinski definition) is 2. The highest BCUT2D eigenvalue weighted by Gasteiger charge is 2.69. The van der Waals surface area contributed by atoms with Crippen LogP contribution in [-0.4, -0.2) is 64.9 Å². The van der Waals surface area contributed by atoms with E-state index >= 15 is 0 Å². The van der Waals surface area contributed by atoms with E-state index in [0.29, 0.717) is 18.0 Å². The maximum absolute atomic E-state index is 12.8. The van der Waals surface area contributed by atoms with Crippen molar-refractivity contribution in [1.29, 1.82) is 0 Å². The first-order valence-electron chi connectivity index (χ1n) is 13.4. The molecule has 0 unspecified atom stereocenters. The number of nitrogens with zero attached hydrogens (tertiary/aromatic N) is 1. The Hall–Kier alpha value is -2.54. The fourth-order valence-electron chi connectivity index (χ4n) is 6.63. The number of hydrogen-bond acceptors (Lipinski definition) is 10. The Morgan fingerprint density at radius 2 is 2.00 bits per heavy atom. The molecule has 5 fully saturated rings. The van der Waals surface area contributed by atoms with Crippen LogP contribution in [0.3, 0.4) is 0 Å². The van der Waals surface area contributed by atoms with Gasteiger partial charge in [-0.15, -0.1) is 0 Å². The van der Waals surface area contributed by atoms with E-state index in [1.54, 1.807) is 6.20 Å². The molecule has 38 heavy (non-hydrogen) atoms. The standard InChI is InChI=1S/C26H37N3O9/c1-14-5-6-18-15(2)23(35-24-26(18)17(14)9-10-25(3,36-24)37-38-26)34-21(31)8-7-20(30)29-19(22(32)33-4)11-16-12-27-13-28-16/h12-15,17-19,23-24H,5-11H2,1-4H3,(H,27,28)(H,29,30)/t14-,15-,17+,18+,19+,23-,24-,25+,26-/m1/s1. The van der Waals surface area contributed by atoms with E-state index in [2.05, 4.69) is 22.2 Å². The van der Waals surface area contributed by atoms with E-state index < -0.39 is 47.9 Å². The molecule has 0 radical (unpaired) electrons. The Morgan fingerprint density at radius 1 is 1.18 bits per heavy atom. The Balaban J connectivity index is 1.19. The number of amides is 1. The molecule has 1 aromatic heterocycles. The van der Waals surface area contributed by atoms with Gasteiger partial charge in [0.2, 0.25) is 18.0 Å². The monoisotopic (exact) mass is 535 g/mol. The van der Waals surface area contributed by atoms with Crippen molar-refractivity contribution in [3.05, 3.63) is 18.2 Å². The van der Waals surface area contributed by atoms with Crippen LogP contribution in [0.2, 0.25) is 0 Å². The van der Waals surface area contributed by atoms with Gasteiger partial charge in [-0.25, -0.2) is 19.6 Å². The van der Waals surface area contributed by atoms with Crippen molar-refractivity contribution in [1.82, 2.24) is 15.3 Å². The van der Waals surface area contributed by atoms with Crippen molar-refractivity contribution in [2.75, 3.05) is 7.11 Å². The highest BCUT2D eigenvalue weighted by atomic mass is 17.3. The lowest BCUT2D eigenvalue weighted by Gasteiger charge is -2.59. The van der Waals surface area contributed by atoms with Crippen molar-refractivity contribution in [3.63, 3.8) is 0 Å². The minimum Gasteiger partial charge on any atom is -0.467 e. The van der Waals surface area contributed by atoms with Crippen LogP contribution in [0.1, 0.15) is 65.0 Å². The molecule has 210 valence electrons. The summed E-state index contributed by atoms with van der Waals surface area (Å²) in [5, 5.41) is 2.62. The number of carbonyl (C=O) groups excluding carboxylic acids is 3. The quantitative estimate of drug-likeness (QED) is 0.375. The van der Waals surface area contributed by atoms with E-state index in [1.807, 2.05) is 13.8 Å². The van der Waals surface area contributed by atoms with Gasteiger partial charge in [0, 0.05) is 43.0 Å². The van der Waals surface area contributed by atoms with Gasteiger partial charge in [-0.2, -0.15) is 0 Å². The van der Waals surface area contributed by atoms with E-state index in [-0.39, 0.29) is 37.0 Å². The minimum atomic E-state index is -0.920. The number of imidazole rings is 1. The number of aromatic amines is 1. The maximum atomic E-state index is 12.8. The van der Waals surface area contributed by atoms with Gasteiger partial charge in [0.05, 0.1) is 19.9 Å². The van der Waals surface area contributed by atoms with Gasteiger partial charge in [-0.3, -0.25) is 9.59 Å². The molecule has 12 heteroatoms. The average Bonchev–Trinajstić information content (AvgIpc) is 3.30. The van der Waals surface area contributed by atoms with E-state index in [9.17, 15) is 14.4 Å². The topological polar surface area (TPSA) is 147 Å². The molecule has 0 aromatic carbocycles. The van der Waals surface area contributed by atoms with E-state index in [1.165, 1.54) is 13.4 Å². The SMILES string of the molecule is COC(=O)[C@H](Cc1cnc[nH]1)NC(=O)CCC(=O)O[C@@H]1O[C@@H]2O[C@]3(C)CC[C@H]4[C@H](C)CC[C@@H]([C@H]1C)[C@@]24OO3. The Kier molecular flexibility index (Phi) is 7.51. The van der Waals surface area contributed by atoms with Gasteiger partial charge in [0.15, 0.2) is 11.9 Å². The van der Waals surface area contributed by atoms with Gasteiger partial charge in [0.25, 0.3) is 0 Å². The molecule has 1 aromatic rings. The molecule has 6 rings (SSSR count). The minimum absolute atomic E-state index is 0.0227. The molecule has 2 N–H and O–H groups in total. The molecule has 1 amide bonds. The summed E-state index contributed by atoms with van der Waals surface area (Å²) in [6.07, 6.45) is 4.86. The number of esters is 2. The molecule has 5 aliphatic rings. The molecule has 5 heterocycles. The molecule has 4 aliphatic heterocycles. The normalized spacial score (nSPS) is 38.4. The number of H-pyrrole nitrogens is 1. The number of rotatable bonds is 8. The number of aromatic nitrogens is 2. The highest BCUT2D eigenvalue weighted by Crippen LogP contribution is 2.60. The largest absolute Gasteiger partial charge is 0.467 e. The van der Waals surface area contributed by atoms with Crippen LogP contribution < -0.4 is 5.32 Å². The second-order valence-electron chi connectivity index (χ2n) is 11.2. The van der Waals surface area contributed by atoms with Crippen LogP contribution in [0.25, 0.3) is 0 Å². The van der Waals surface area contributed by atoms with Crippen molar-refractivity contribution < 1.29 is 43.1 Å². The summed E-state index contributed by atoms with van der Waals surface area (Å²) in [5.41, 5.74) is -0.0775. The van der Waals surface area contributed by atoms with Gasteiger partial charge >= 0.3 is 11.9 Å². The third-order valence-corrected chi connectivity index (χ3v) is 8.70. The zero-order chi connectivity index (χ0) is 27.1. The highest BCUT2D eigenvalue weighted by molar-refractivity contribution is 5.86. The summed E-state index contributed by atoms with van der Waals surface area (Å²) < 4.78 is 23.1. The van der Waals surface area contributed by atoms with Crippen molar-refractivity contribution >= 4 is 17.8 Å².